The molecule has 0 aromatic rings. The van der Waals surface area contributed by atoms with Crippen molar-refractivity contribution in [3.63, 3.8) is 0 Å². The highest BCUT2D eigenvalue weighted by molar-refractivity contribution is 4.78. The molecular weight excluding hydrogens is 186 g/mol. The number of hydrogen-bond acceptors (Lipinski definition) is 2. The molecule has 1 aliphatic rings. The molecule has 90 valence electrons. The molecule has 0 aromatic carbocycles. The Labute approximate surface area is 94.8 Å². The standard InChI is InChI=1S/C13H27NO/c1-3-5-8-13(14-9-4-2)12-7-6-10-15-11-12/h12-14H,3-11H2,1-2H3. The van der Waals surface area contributed by atoms with Crippen molar-refractivity contribution in [3.05, 3.63) is 0 Å². The topological polar surface area (TPSA) is 21.3 Å². The van der Waals surface area contributed by atoms with Crippen molar-refractivity contribution in [2.75, 3.05) is 19.8 Å². The van der Waals surface area contributed by atoms with Crippen LogP contribution in [0.1, 0.15) is 52.4 Å². The molecule has 2 nitrogen and oxygen atoms in total. The molecule has 0 saturated carbocycles. The summed E-state index contributed by atoms with van der Waals surface area (Å²) in [6, 6.07) is 0.699. The van der Waals surface area contributed by atoms with Gasteiger partial charge in [-0.3, -0.25) is 0 Å². The second-order valence-corrected chi connectivity index (χ2v) is 4.68. The van der Waals surface area contributed by atoms with Crippen LogP contribution in [0.15, 0.2) is 0 Å². The third kappa shape index (κ3) is 4.98. The van der Waals surface area contributed by atoms with Crippen molar-refractivity contribution in [1.82, 2.24) is 5.32 Å². The minimum absolute atomic E-state index is 0.699. The summed E-state index contributed by atoms with van der Waals surface area (Å²) in [6.07, 6.45) is 7.81. The van der Waals surface area contributed by atoms with Crippen molar-refractivity contribution < 1.29 is 4.74 Å². The maximum absolute atomic E-state index is 5.58. The average Bonchev–Trinajstić information content (AvgIpc) is 2.30. The van der Waals surface area contributed by atoms with Gasteiger partial charge >= 0.3 is 0 Å². The second-order valence-electron chi connectivity index (χ2n) is 4.68. The second kappa shape index (κ2) is 8.12. The molecule has 1 aliphatic heterocycles. The molecule has 0 amide bonds. The van der Waals surface area contributed by atoms with Crippen LogP contribution in [0.3, 0.4) is 0 Å². The van der Waals surface area contributed by atoms with Gasteiger partial charge in [-0.05, 0) is 38.1 Å². The van der Waals surface area contributed by atoms with E-state index in [-0.39, 0.29) is 0 Å². The van der Waals surface area contributed by atoms with Crippen molar-refractivity contribution >= 4 is 0 Å². The van der Waals surface area contributed by atoms with Gasteiger partial charge in [0.2, 0.25) is 0 Å². The molecule has 0 radical (unpaired) electrons. The summed E-state index contributed by atoms with van der Waals surface area (Å²) in [5.41, 5.74) is 0. The van der Waals surface area contributed by atoms with Crippen LogP contribution < -0.4 is 5.32 Å². The summed E-state index contributed by atoms with van der Waals surface area (Å²) in [7, 11) is 0. The molecule has 2 unspecified atom stereocenters. The van der Waals surface area contributed by atoms with E-state index in [9.17, 15) is 0 Å². The molecule has 2 atom stereocenters. The van der Waals surface area contributed by atoms with Gasteiger partial charge in [-0.15, -0.1) is 0 Å². The van der Waals surface area contributed by atoms with Gasteiger partial charge in [0.05, 0.1) is 6.61 Å². The summed E-state index contributed by atoms with van der Waals surface area (Å²) in [4.78, 5) is 0. The lowest BCUT2D eigenvalue weighted by Gasteiger charge is -2.31. The van der Waals surface area contributed by atoms with Gasteiger partial charge < -0.3 is 10.1 Å². The molecule has 1 rings (SSSR count). The monoisotopic (exact) mass is 213 g/mol. The van der Waals surface area contributed by atoms with Gasteiger partial charge in [-0.2, -0.15) is 0 Å². The normalized spacial score (nSPS) is 24.0. The van der Waals surface area contributed by atoms with Crippen LogP contribution in [-0.4, -0.2) is 25.8 Å². The molecule has 1 heterocycles. The van der Waals surface area contributed by atoms with Crippen LogP contribution in [0.5, 0.6) is 0 Å². The maximum Gasteiger partial charge on any atom is 0.0509 e. The Morgan fingerprint density at radius 1 is 1.33 bits per heavy atom. The number of rotatable bonds is 7. The number of unbranched alkanes of at least 4 members (excludes halogenated alkanes) is 1. The summed E-state index contributed by atoms with van der Waals surface area (Å²) >= 11 is 0. The first kappa shape index (κ1) is 13.0. The van der Waals surface area contributed by atoms with Crippen molar-refractivity contribution in [3.8, 4) is 0 Å². The van der Waals surface area contributed by atoms with Gasteiger partial charge in [0, 0.05) is 12.6 Å². The van der Waals surface area contributed by atoms with Crippen LogP contribution >= 0.6 is 0 Å². The number of hydrogen-bond donors (Lipinski definition) is 1. The van der Waals surface area contributed by atoms with E-state index in [4.69, 9.17) is 4.74 Å². The van der Waals surface area contributed by atoms with Crippen LogP contribution in [0.4, 0.5) is 0 Å². The molecule has 0 bridgehead atoms. The van der Waals surface area contributed by atoms with Gasteiger partial charge in [0.1, 0.15) is 0 Å². The molecule has 1 saturated heterocycles. The third-order valence-corrected chi connectivity index (χ3v) is 3.29. The Bertz CT molecular complexity index is 135. The summed E-state index contributed by atoms with van der Waals surface area (Å²) in [5, 5.41) is 3.69. The first-order valence-electron chi connectivity index (χ1n) is 6.69. The van der Waals surface area contributed by atoms with E-state index in [1.54, 1.807) is 0 Å². The zero-order valence-electron chi connectivity index (χ0n) is 10.4. The molecule has 1 fully saturated rings. The van der Waals surface area contributed by atoms with Gasteiger partial charge in [0.25, 0.3) is 0 Å². The first-order valence-corrected chi connectivity index (χ1v) is 6.69. The van der Waals surface area contributed by atoms with E-state index in [1.165, 1.54) is 38.5 Å². The fourth-order valence-electron chi connectivity index (χ4n) is 2.34. The van der Waals surface area contributed by atoms with E-state index in [1.807, 2.05) is 0 Å². The van der Waals surface area contributed by atoms with E-state index >= 15 is 0 Å². The highest BCUT2D eigenvalue weighted by Gasteiger charge is 2.22. The summed E-state index contributed by atoms with van der Waals surface area (Å²) in [6.45, 7) is 7.62. The Hall–Kier alpha value is -0.0800. The van der Waals surface area contributed by atoms with Crippen molar-refractivity contribution in [2.45, 2.75) is 58.4 Å². The van der Waals surface area contributed by atoms with E-state index in [0.29, 0.717) is 6.04 Å². The predicted molar refractivity (Wildman–Crippen MR) is 65.1 cm³/mol. The maximum atomic E-state index is 5.58. The van der Waals surface area contributed by atoms with Crippen LogP contribution in [-0.2, 0) is 4.74 Å². The van der Waals surface area contributed by atoms with Crippen molar-refractivity contribution in [1.29, 1.82) is 0 Å². The first-order chi connectivity index (χ1) is 7.38. The van der Waals surface area contributed by atoms with Crippen LogP contribution in [0.2, 0.25) is 0 Å². The highest BCUT2D eigenvalue weighted by atomic mass is 16.5. The summed E-state index contributed by atoms with van der Waals surface area (Å²) < 4.78 is 5.58. The Balaban J connectivity index is 2.30. The SMILES string of the molecule is CCCCC(NCCC)C1CCCOC1. The lowest BCUT2D eigenvalue weighted by molar-refractivity contribution is 0.0376. The van der Waals surface area contributed by atoms with E-state index < -0.39 is 0 Å². The molecule has 15 heavy (non-hydrogen) atoms. The van der Waals surface area contributed by atoms with Crippen LogP contribution in [0.25, 0.3) is 0 Å². The molecule has 0 aliphatic carbocycles. The van der Waals surface area contributed by atoms with Gasteiger partial charge in [0.15, 0.2) is 0 Å². The Morgan fingerprint density at radius 3 is 2.80 bits per heavy atom. The fourth-order valence-corrected chi connectivity index (χ4v) is 2.34. The van der Waals surface area contributed by atoms with E-state index in [2.05, 4.69) is 19.2 Å². The van der Waals surface area contributed by atoms with Gasteiger partial charge in [-0.1, -0.05) is 26.7 Å². The highest BCUT2D eigenvalue weighted by Crippen LogP contribution is 2.20. The Kier molecular flexibility index (Phi) is 7.03. The van der Waals surface area contributed by atoms with Gasteiger partial charge in [-0.25, -0.2) is 0 Å². The number of ether oxygens (including phenoxy) is 1. The smallest absolute Gasteiger partial charge is 0.0509 e. The average molecular weight is 213 g/mol. The molecule has 1 N–H and O–H groups in total. The lowest BCUT2D eigenvalue weighted by Crippen LogP contribution is -2.40. The molecule has 0 aromatic heterocycles. The molecule has 0 spiro atoms. The minimum Gasteiger partial charge on any atom is -0.381 e. The Morgan fingerprint density at radius 2 is 2.20 bits per heavy atom. The zero-order chi connectivity index (χ0) is 10.9. The fraction of sp³-hybridized carbons (Fsp3) is 1.00. The van der Waals surface area contributed by atoms with Crippen molar-refractivity contribution in [2.24, 2.45) is 5.92 Å². The zero-order valence-corrected chi connectivity index (χ0v) is 10.4. The summed E-state index contributed by atoms with van der Waals surface area (Å²) in [5.74, 6) is 0.761. The lowest BCUT2D eigenvalue weighted by atomic mass is 9.90. The predicted octanol–water partition coefficient (Wildman–Crippen LogP) is 2.97. The minimum atomic E-state index is 0.699. The van der Waals surface area contributed by atoms with E-state index in [0.717, 1.165) is 25.7 Å². The molecular formula is C13H27NO. The largest absolute Gasteiger partial charge is 0.381 e. The third-order valence-electron chi connectivity index (χ3n) is 3.29. The quantitative estimate of drug-likeness (QED) is 0.702. The van der Waals surface area contributed by atoms with Crippen LogP contribution in [0, 0.1) is 5.92 Å². The number of nitrogens with one attached hydrogen (secondary N) is 1. The molecule has 2 heteroatoms.